The molecule has 4 heterocycles. The summed E-state index contributed by atoms with van der Waals surface area (Å²) in [6, 6.07) is 8.05. The fourth-order valence-corrected chi connectivity index (χ4v) is 4.47. The molecule has 2 N–H and O–H groups in total. The molecule has 0 saturated carbocycles. The molecule has 0 unspecified atom stereocenters. The van der Waals surface area contributed by atoms with Crippen LogP contribution in [-0.4, -0.2) is 75.6 Å². The van der Waals surface area contributed by atoms with Crippen molar-refractivity contribution in [2.75, 3.05) is 49.8 Å². The van der Waals surface area contributed by atoms with Crippen LogP contribution in [0, 0.1) is 0 Å². The first-order chi connectivity index (χ1) is 17.4. The van der Waals surface area contributed by atoms with Crippen LogP contribution in [0.2, 0.25) is 0 Å². The van der Waals surface area contributed by atoms with Crippen LogP contribution in [0.5, 0.6) is 5.75 Å². The maximum Gasteiger partial charge on any atom is 0.238 e. The minimum Gasteiger partial charge on any atom is -0.494 e. The first kappa shape index (κ1) is 23.5. The van der Waals surface area contributed by atoms with Crippen LogP contribution in [-0.2, 0) is 4.79 Å². The van der Waals surface area contributed by atoms with Gasteiger partial charge in [-0.1, -0.05) is 0 Å². The van der Waals surface area contributed by atoms with Crippen molar-refractivity contribution in [3.05, 3.63) is 49.2 Å². The van der Waals surface area contributed by atoms with Crippen LogP contribution < -0.4 is 20.3 Å². The number of nitrogens with zero attached hydrogens (tertiary/aromatic N) is 7. The molecular weight excluding hydrogens is 458 g/mol. The molecular formula is C25H29N9O2. The number of pyridine rings is 1. The van der Waals surface area contributed by atoms with Crippen molar-refractivity contribution in [3.8, 4) is 11.7 Å². The summed E-state index contributed by atoms with van der Waals surface area (Å²) in [5, 5.41) is 7.21. The zero-order valence-corrected chi connectivity index (χ0v) is 20.8. The highest BCUT2D eigenvalue weighted by molar-refractivity contribution is 5.95. The van der Waals surface area contributed by atoms with Crippen molar-refractivity contribution in [1.82, 2.24) is 29.4 Å². The van der Waals surface area contributed by atoms with Gasteiger partial charge in [-0.15, -0.1) is 0 Å². The molecule has 4 aromatic rings. The van der Waals surface area contributed by atoms with E-state index in [4.69, 9.17) is 4.74 Å². The Hall–Kier alpha value is -4.25. The molecule has 11 nitrogen and oxygen atoms in total. The summed E-state index contributed by atoms with van der Waals surface area (Å²) in [6.45, 7) is 3.35. The summed E-state index contributed by atoms with van der Waals surface area (Å²) in [5.74, 6) is 1.30. The number of rotatable bonds is 8. The first-order valence-corrected chi connectivity index (χ1v) is 11.7. The number of hydrogen-bond donors (Lipinski definition) is 2. The third-order valence-electron chi connectivity index (χ3n) is 6.17. The van der Waals surface area contributed by atoms with Crippen molar-refractivity contribution < 1.29 is 9.53 Å². The van der Waals surface area contributed by atoms with Crippen LogP contribution in [0.25, 0.3) is 16.9 Å². The summed E-state index contributed by atoms with van der Waals surface area (Å²) < 4.78 is 7.59. The van der Waals surface area contributed by atoms with Gasteiger partial charge in [-0.25, -0.2) is 9.97 Å². The van der Waals surface area contributed by atoms with Gasteiger partial charge < -0.3 is 25.2 Å². The Labute approximate surface area is 209 Å². The number of likely N-dealkylation sites (N-methyl/N-ethyl adjacent to an activating group) is 1. The predicted molar refractivity (Wildman–Crippen MR) is 139 cm³/mol. The number of benzene rings is 1. The Morgan fingerprint density at radius 1 is 1.22 bits per heavy atom. The van der Waals surface area contributed by atoms with Crippen LogP contribution in [0.15, 0.2) is 49.2 Å². The Morgan fingerprint density at radius 2 is 2.08 bits per heavy atom. The normalized spacial score (nSPS) is 15.1. The van der Waals surface area contributed by atoms with E-state index in [0.29, 0.717) is 35.1 Å². The summed E-state index contributed by atoms with van der Waals surface area (Å²) >= 11 is 0. The fraction of sp³-hybridized carbons (Fsp3) is 0.320. The van der Waals surface area contributed by atoms with E-state index in [1.165, 1.54) is 13.3 Å². The Kier molecular flexibility index (Phi) is 6.38. The maximum absolute atomic E-state index is 12.0. The van der Waals surface area contributed by atoms with E-state index in [1.807, 2.05) is 35.0 Å². The number of aromatic nitrogens is 5. The third-order valence-corrected chi connectivity index (χ3v) is 6.17. The molecule has 1 amide bonds. The van der Waals surface area contributed by atoms with Gasteiger partial charge in [0.15, 0.2) is 0 Å². The lowest BCUT2D eigenvalue weighted by atomic mass is 10.00. The molecule has 1 aromatic carbocycles. The highest BCUT2D eigenvalue weighted by atomic mass is 16.5. The van der Waals surface area contributed by atoms with E-state index in [0.717, 1.165) is 36.1 Å². The monoisotopic (exact) mass is 487 g/mol. The maximum atomic E-state index is 12.0. The van der Waals surface area contributed by atoms with Gasteiger partial charge in [0.05, 0.1) is 29.7 Å². The SMILES string of the molecule is COc1cc(N2CC[C@@H]2CN(C)C)c(NC(C)=O)cc1Nc1ncnc(-n2ccc3cnccc32)n1. The number of carbonyl (C=O) groups is 1. The zero-order valence-electron chi connectivity index (χ0n) is 20.8. The van der Waals surface area contributed by atoms with Crippen molar-refractivity contribution >= 4 is 39.8 Å². The number of hydrogen-bond acceptors (Lipinski definition) is 9. The highest BCUT2D eigenvalue weighted by Crippen LogP contribution is 2.41. The van der Waals surface area contributed by atoms with Crippen molar-refractivity contribution in [3.63, 3.8) is 0 Å². The van der Waals surface area contributed by atoms with E-state index in [1.54, 1.807) is 19.5 Å². The summed E-state index contributed by atoms with van der Waals surface area (Å²) in [4.78, 5) is 33.9. The van der Waals surface area contributed by atoms with Gasteiger partial charge >= 0.3 is 0 Å². The molecule has 1 atom stereocenters. The average molecular weight is 488 g/mol. The van der Waals surface area contributed by atoms with Gasteiger partial charge in [-0.2, -0.15) is 4.98 Å². The van der Waals surface area contributed by atoms with Gasteiger partial charge in [-0.3, -0.25) is 14.3 Å². The molecule has 1 aliphatic rings. The lowest BCUT2D eigenvalue weighted by Crippen LogP contribution is -2.53. The van der Waals surface area contributed by atoms with Gasteiger partial charge in [-0.05, 0) is 38.7 Å². The minimum absolute atomic E-state index is 0.145. The van der Waals surface area contributed by atoms with Crippen LogP contribution in [0.3, 0.4) is 0 Å². The fourth-order valence-electron chi connectivity index (χ4n) is 4.47. The molecule has 1 fully saturated rings. The molecule has 186 valence electrons. The van der Waals surface area contributed by atoms with E-state index in [2.05, 4.69) is 54.5 Å². The molecule has 0 radical (unpaired) electrons. The Balaban J connectivity index is 1.48. The number of amides is 1. The van der Waals surface area contributed by atoms with Crippen LogP contribution in [0.4, 0.5) is 23.0 Å². The highest BCUT2D eigenvalue weighted by Gasteiger charge is 2.31. The largest absolute Gasteiger partial charge is 0.494 e. The van der Waals surface area contributed by atoms with Gasteiger partial charge in [0.1, 0.15) is 12.1 Å². The molecule has 36 heavy (non-hydrogen) atoms. The number of fused-ring (bicyclic) bond motifs is 1. The van der Waals surface area contributed by atoms with Crippen molar-refractivity contribution in [2.24, 2.45) is 0 Å². The Bertz CT molecular complexity index is 1400. The standard InChI is InChI=1S/C25H29N9O2/c1-16(35)29-19-11-20(23(36-4)12-22(19)33-10-7-18(33)14-32(2)3)30-24-27-15-28-25(31-24)34-9-6-17-13-26-8-5-21(17)34/h5-6,8-9,11-13,15,18H,7,10,14H2,1-4H3,(H,29,35)(H,27,28,30,31)/t18-/m1/s1. The molecule has 11 heteroatoms. The smallest absolute Gasteiger partial charge is 0.238 e. The molecule has 0 aliphatic carbocycles. The number of anilines is 4. The lowest BCUT2D eigenvalue weighted by Gasteiger charge is -2.45. The quantitative estimate of drug-likeness (QED) is 0.387. The molecule has 5 rings (SSSR count). The van der Waals surface area contributed by atoms with Gasteiger partial charge in [0, 0.05) is 56.1 Å². The Morgan fingerprint density at radius 3 is 2.81 bits per heavy atom. The molecule has 0 spiro atoms. The van der Waals surface area contributed by atoms with Crippen molar-refractivity contribution in [1.29, 1.82) is 0 Å². The second-order valence-corrected chi connectivity index (χ2v) is 9.00. The van der Waals surface area contributed by atoms with Crippen molar-refractivity contribution in [2.45, 2.75) is 19.4 Å². The van der Waals surface area contributed by atoms with E-state index in [-0.39, 0.29) is 5.91 Å². The summed E-state index contributed by atoms with van der Waals surface area (Å²) in [7, 11) is 5.75. The average Bonchev–Trinajstić information content (AvgIpc) is 3.27. The number of ether oxygens (including phenoxy) is 1. The minimum atomic E-state index is -0.145. The third kappa shape index (κ3) is 4.65. The topological polar surface area (TPSA) is 113 Å². The number of methoxy groups -OCH3 is 1. The van der Waals surface area contributed by atoms with Gasteiger partial charge in [0.2, 0.25) is 17.8 Å². The number of carbonyl (C=O) groups excluding carboxylic acids is 1. The van der Waals surface area contributed by atoms with Crippen LogP contribution >= 0.6 is 0 Å². The summed E-state index contributed by atoms with van der Waals surface area (Å²) in [5.41, 5.74) is 3.20. The predicted octanol–water partition coefficient (Wildman–Crippen LogP) is 3.06. The van der Waals surface area contributed by atoms with E-state index < -0.39 is 0 Å². The van der Waals surface area contributed by atoms with Gasteiger partial charge in [0.25, 0.3) is 0 Å². The zero-order chi connectivity index (χ0) is 25.2. The van der Waals surface area contributed by atoms with E-state index in [9.17, 15) is 4.79 Å². The number of nitrogens with one attached hydrogen (secondary N) is 2. The van der Waals surface area contributed by atoms with Crippen LogP contribution in [0.1, 0.15) is 13.3 Å². The second kappa shape index (κ2) is 9.78. The summed E-state index contributed by atoms with van der Waals surface area (Å²) in [6.07, 6.45) is 7.98. The molecule has 3 aromatic heterocycles. The lowest BCUT2D eigenvalue weighted by molar-refractivity contribution is -0.114. The molecule has 1 saturated heterocycles. The molecule has 1 aliphatic heterocycles. The van der Waals surface area contributed by atoms with E-state index >= 15 is 0 Å². The first-order valence-electron chi connectivity index (χ1n) is 11.7. The second-order valence-electron chi connectivity index (χ2n) is 9.00. The molecule has 0 bridgehead atoms.